The zero-order valence-corrected chi connectivity index (χ0v) is 15.0. The molecular formula is C19H14N2O2S2. The molecular weight excluding hydrogens is 352 g/mol. The third-order valence-corrected chi connectivity index (χ3v) is 5.84. The molecule has 0 atom stereocenters. The topological polar surface area (TPSA) is 62.0 Å². The smallest absolute Gasteiger partial charge is 0.265 e. The Hall–Kier alpha value is -2.57. The summed E-state index contributed by atoms with van der Waals surface area (Å²) in [7, 11) is 0. The van der Waals surface area contributed by atoms with Gasteiger partial charge in [-0.15, -0.1) is 23.1 Å². The number of thiophene rings is 1. The van der Waals surface area contributed by atoms with Gasteiger partial charge in [0.15, 0.2) is 0 Å². The summed E-state index contributed by atoms with van der Waals surface area (Å²) in [6, 6.07) is 17.0. The number of H-pyrrole nitrogens is 1. The number of pyridine rings is 1. The largest absolute Gasteiger partial charge is 0.321 e. The zero-order chi connectivity index (χ0) is 17.4. The van der Waals surface area contributed by atoms with E-state index in [0.29, 0.717) is 10.3 Å². The van der Waals surface area contributed by atoms with Gasteiger partial charge in [-0.3, -0.25) is 9.59 Å². The van der Waals surface area contributed by atoms with Crippen molar-refractivity contribution in [1.29, 1.82) is 0 Å². The fraction of sp³-hybridized carbons (Fsp3) is 0.0526. The first-order valence-corrected chi connectivity index (χ1v) is 9.70. The minimum absolute atomic E-state index is 0.173. The van der Waals surface area contributed by atoms with Crippen LogP contribution in [0.5, 0.6) is 0 Å². The maximum atomic E-state index is 12.6. The number of thioether (sulfide) groups is 1. The second kappa shape index (κ2) is 6.38. The van der Waals surface area contributed by atoms with E-state index in [4.69, 9.17) is 0 Å². The Bertz CT molecular complexity index is 1160. The number of anilines is 1. The minimum Gasteiger partial charge on any atom is -0.321 e. The molecule has 0 unspecified atom stereocenters. The normalized spacial score (nSPS) is 11.1. The average molecular weight is 366 g/mol. The lowest BCUT2D eigenvalue weighted by molar-refractivity contribution is 0.103. The molecule has 0 radical (unpaired) electrons. The lowest BCUT2D eigenvalue weighted by atomic mass is 10.2. The number of nitrogens with one attached hydrogen (secondary N) is 2. The van der Waals surface area contributed by atoms with Crippen molar-refractivity contribution >= 4 is 55.7 Å². The first kappa shape index (κ1) is 15.9. The van der Waals surface area contributed by atoms with E-state index in [1.165, 1.54) is 11.3 Å². The second-order valence-corrected chi connectivity index (χ2v) is 7.47. The fourth-order valence-corrected chi connectivity index (χ4v) is 4.29. The van der Waals surface area contributed by atoms with Gasteiger partial charge in [0.2, 0.25) is 0 Å². The van der Waals surface area contributed by atoms with E-state index in [1.807, 2.05) is 54.8 Å². The Kier molecular flexibility index (Phi) is 4.07. The van der Waals surface area contributed by atoms with Crippen LogP contribution < -0.4 is 10.9 Å². The average Bonchev–Trinajstić information content (AvgIpc) is 3.08. The Labute approximate surface area is 151 Å². The summed E-state index contributed by atoms with van der Waals surface area (Å²) < 4.78 is 0.836. The number of hydrogen-bond acceptors (Lipinski definition) is 4. The van der Waals surface area contributed by atoms with Gasteiger partial charge in [0.25, 0.3) is 11.5 Å². The standard InChI is InChI=1S/C19H14N2O2S2/c1-24-12-6-4-5-11(9-12)20-19(23)16-10-14-17(25-16)13-7-2-3-8-15(13)21-18(14)22/h2-10H,1H3,(H,20,23)(H,21,22). The number of aromatic amines is 1. The van der Waals surface area contributed by atoms with Gasteiger partial charge >= 0.3 is 0 Å². The predicted molar refractivity (Wildman–Crippen MR) is 106 cm³/mol. The monoisotopic (exact) mass is 366 g/mol. The van der Waals surface area contributed by atoms with Crippen LogP contribution in [0.4, 0.5) is 5.69 Å². The molecule has 4 aromatic rings. The predicted octanol–water partition coefficient (Wildman–Crippen LogP) is 4.72. The lowest BCUT2D eigenvalue weighted by Crippen LogP contribution is -2.10. The van der Waals surface area contributed by atoms with Crippen molar-refractivity contribution in [1.82, 2.24) is 4.98 Å². The maximum absolute atomic E-state index is 12.6. The summed E-state index contributed by atoms with van der Waals surface area (Å²) in [5, 5.41) is 4.40. The summed E-state index contributed by atoms with van der Waals surface area (Å²) in [4.78, 5) is 29.4. The van der Waals surface area contributed by atoms with Crippen molar-refractivity contribution in [3.8, 4) is 0 Å². The molecule has 6 heteroatoms. The van der Waals surface area contributed by atoms with Crippen molar-refractivity contribution in [2.24, 2.45) is 0 Å². The summed E-state index contributed by atoms with van der Waals surface area (Å²) in [6.45, 7) is 0. The first-order chi connectivity index (χ1) is 12.2. The number of benzene rings is 2. The highest BCUT2D eigenvalue weighted by atomic mass is 32.2. The highest BCUT2D eigenvalue weighted by molar-refractivity contribution is 7.98. The molecule has 0 saturated carbocycles. The molecule has 0 aliphatic carbocycles. The van der Waals surface area contributed by atoms with E-state index in [-0.39, 0.29) is 11.5 Å². The summed E-state index contributed by atoms with van der Waals surface area (Å²) >= 11 is 2.96. The molecule has 0 bridgehead atoms. The van der Waals surface area contributed by atoms with Crippen molar-refractivity contribution in [3.05, 3.63) is 69.8 Å². The van der Waals surface area contributed by atoms with Crippen LogP contribution in [0.3, 0.4) is 0 Å². The molecule has 2 aromatic heterocycles. The Balaban J connectivity index is 1.76. The van der Waals surface area contributed by atoms with Crippen molar-refractivity contribution in [3.63, 3.8) is 0 Å². The SMILES string of the molecule is CSc1cccc(NC(=O)c2cc3c(=O)[nH]c4ccccc4c3s2)c1. The Morgan fingerprint density at radius 2 is 1.92 bits per heavy atom. The van der Waals surface area contributed by atoms with E-state index in [9.17, 15) is 9.59 Å². The zero-order valence-electron chi connectivity index (χ0n) is 13.3. The van der Waals surface area contributed by atoms with Gasteiger partial charge < -0.3 is 10.3 Å². The fourth-order valence-electron chi connectivity index (χ4n) is 2.74. The summed E-state index contributed by atoms with van der Waals surface area (Å²) in [6.07, 6.45) is 1.99. The van der Waals surface area contributed by atoms with Gasteiger partial charge in [0.05, 0.1) is 10.3 Å². The van der Waals surface area contributed by atoms with Crippen molar-refractivity contribution in [2.45, 2.75) is 4.90 Å². The van der Waals surface area contributed by atoms with E-state index < -0.39 is 0 Å². The van der Waals surface area contributed by atoms with Gasteiger partial charge in [0, 0.05) is 26.2 Å². The molecule has 0 saturated heterocycles. The van der Waals surface area contributed by atoms with Crippen LogP contribution in [0.15, 0.2) is 64.3 Å². The summed E-state index contributed by atoms with van der Waals surface area (Å²) in [5.41, 5.74) is 1.35. The maximum Gasteiger partial charge on any atom is 0.265 e. The van der Waals surface area contributed by atoms with Gasteiger partial charge in [-0.2, -0.15) is 0 Å². The third kappa shape index (κ3) is 2.94. The van der Waals surface area contributed by atoms with Crippen LogP contribution in [0, 0.1) is 0 Å². The van der Waals surface area contributed by atoms with Crippen LogP contribution >= 0.6 is 23.1 Å². The molecule has 2 N–H and O–H groups in total. The molecule has 124 valence electrons. The molecule has 0 spiro atoms. The number of hydrogen-bond donors (Lipinski definition) is 2. The lowest BCUT2D eigenvalue weighted by Gasteiger charge is -2.04. The number of amides is 1. The van der Waals surface area contributed by atoms with Gasteiger partial charge in [0.1, 0.15) is 0 Å². The second-order valence-electron chi connectivity index (χ2n) is 5.54. The Morgan fingerprint density at radius 1 is 1.08 bits per heavy atom. The van der Waals surface area contributed by atoms with Crippen LogP contribution in [0.2, 0.25) is 0 Å². The molecule has 0 aliphatic heterocycles. The van der Waals surface area contributed by atoms with Crippen LogP contribution in [0.1, 0.15) is 9.67 Å². The number of aromatic nitrogens is 1. The molecule has 4 rings (SSSR count). The Morgan fingerprint density at radius 3 is 2.76 bits per heavy atom. The van der Waals surface area contributed by atoms with Crippen LogP contribution in [-0.2, 0) is 0 Å². The number of rotatable bonds is 3. The molecule has 2 heterocycles. The highest BCUT2D eigenvalue weighted by Crippen LogP contribution is 2.30. The molecule has 25 heavy (non-hydrogen) atoms. The van der Waals surface area contributed by atoms with Gasteiger partial charge in [-0.1, -0.05) is 24.3 Å². The van der Waals surface area contributed by atoms with E-state index >= 15 is 0 Å². The highest BCUT2D eigenvalue weighted by Gasteiger charge is 2.15. The molecule has 1 amide bonds. The van der Waals surface area contributed by atoms with Gasteiger partial charge in [-0.25, -0.2) is 0 Å². The number of carbonyl (C=O) groups excluding carboxylic acids is 1. The van der Waals surface area contributed by atoms with Crippen molar-refractivity contribution in [2.75, 3.05) is 11.6 Å². The molecule has 0 fully saturated rings. The number of fused-ring (bicyclic) bond motifs is 3. The van der Waals surface area contributed by atoms with E-state index in [1.54, 1.807) is 17.8 Å². The van der Waals surface area contributed by atoms with Gasteiger partial charge in [-0.05, 0) is 36.6 Å². The number of para-hydroxylation sites is 1. The van der Waals surface area contributed by atoms with E-state index in [0.717, 1.165) is 26.2 Å². The number of carbonyl (C=O) groups is 1. The van der Waals surface area contributed by atoms with E-state index in [2.05, 4.69) is 10.3 Å². The molecule has 0 aliphatic rings. The molecule has 4 nitrogen and oxygen atoms in total. The quantitative estimate of drug-likeness (QED) is 0.516. The third-order valence-electron chi connectivity index (χ3n) is 3.95. The molecule has 2 aromatic carbocycles. The minimum atomic E-state index is -0.206. The van der Waals surface area contributed by atoms with Crippen LogP contribution in [-0.4, -0.2) is 17.1 Å². The first-order valence-electron chi connectivity index (χ1n) is 7.65. The van der Waals surface area contributed by atoms with Crippen molar-refractivity contribution < 1.29 is 4.79 Å². The van der Waals surface area contributed by atoms with Crippen LogP contribution in [0.25, 0.3) is 21.0 Å². The summed E-state index contributed by atoms with van der Waals surface area (Å²) in [5.74, 6) is -0.206.